The molecule has 1 aromatic rings. The van der Waals surface area contributed by atoms with Gasteiger partial charge in [0.1, 0.15) is 6.10 Å². The molecule has 1 aliphatic carbocycles. The predicted octanol–water partition coefficient (Wildman–Crippen LogP) is 3.47. The Morgan fingerprint density at radius 2 is 1.95 bits per heavy atom. The van der Waals surface area contributed by atoms with Crippen molar-refractivity contribution in [3.05, 3.63) is 47.5 Å². The van der Waals surface area contributed by atoms with Crippen LogP contribution >= 0.6 is 0 Å². The van der Waals surface area contributed by atoms with E-state index < -0.39 is 6.16 Å². The second kappa shape index (κ2) is 6.37. The molecule has 0 unspecified atom stereocenters. The minimum atomic E-state index is -0.633. The van der Waals surface area contributed by atoms with Crippen LogP contribution in [0.5, 0.6) is 0 Å². The average molecular weight is 274 g/mol. The van der Waals surface area contributed by atoms with Crippen LogP contribution in [-0.4, -0.2) is 24.6 Å². The van der Waals surface area contributed by atoms with E-state index in [4.69, 9.17) is 9.47 Å². The van der Waals surface area contributed by atoms with E-state index in [1.807, 2.05) is 24.3 Å². The van der Waals surface area contributed by atoms with Gasteiger partial charge in [-0.1, -0.05) is 36.4 Å². The fourth-order valence-corrected chi connectivity index (χ4v) is 2.29. The minimum absolute atomic E-state index is 0.0143. The maximum atomic E-state index is 11.4. The Morgan fingerprint density at radius 3 is 2.55 bits per heavy atom. The van der Waals surface area contributed by atoms with Gasteiger partial charge < -0.3 is 9.47 Å². The van der Waals surface area contributed by atoms with Crippen molar-refractivity contribution >= 4 is 11.9 Å². The fraction of sp³-hybridized carbons (Fsp3) is 0.375. The van der Waals surface area contributed by atoms with E-state index in [2.05, 4.69) is 0 Å². The van der Waals surface area contributed by atoms with Gasteiger partial charge in [0.15, 0.2) is 5.78 Å². The number of carbonyl (C=O) groups is 2. The summed E-state index contributed by atoms with van der Waals surface area (Å²) in [5, 5.41) is 0. The molecule has 2 rings (SSSR count). The molecular formula is C16H18O4. The Kier molecular flexibility index (Phi) is 4.56. The Labute approximate surface area is 118 Å². The third-order valence-corrected chi connectivity index (χ3v) is 3.32. The van der Waals surface area contributed by atoms with Crippen LogP contribution in [0.2, 0.25) is 0 Å². The molecular weight excluding hydrogens is 256 g/mol. The number of benzene rings is 1. The molecule has 0 saturated heterocycles. The summed E-state index contributed by atoms with van der Waals surface area (Å²) in [6, 6.07) is 7.40. The zero-order valence-electron chi connectivity index (χ0n) is 11.7. The van der Waals surface area contributed by atoms with E-state index in [1.54, 1.807) is 19.1 Å². The molecule has 4 heteroatoms. The Balaban J connectivity index is 2.08. The molecule has 20 heavy (non-hydrogen) atoms. The van der Waals surface area contributed by atoms with Crippen molar-refractivity contribution < 1.29 is 19.1 Å². The lowest BCUT2D eigenvalue weighted by Crippen LogP contribution is -2.22. The lowest BCUT2D eigenvalue weighted by atomic mass is 9.95. The van der Waals surface area contributed by atoms with E-state index in [-0.39, 0.29) is 17.8 Å². The molecule has 0 spiro atoms. The third kappa shape index (κ3) is 3.26. The van der Waals surface area contributed by atoms with Crippen LogP contribution in [0, 0.1) is 0 Å². The van der Waals surface area contributed by atoms with Crippen molar-refractivity contribution in [2.75, 3.05) is 6.61 Å². The molecule has 1 aromatic carbocycles. The summed E-state index contributed by atoms with van der Waals surface area (Å²) in [6.07, 6.45) is 3.82. The number of hydrogen-bond acceptors (Lipinski definition) is 4. The van der Waals surface area contributed by atoms with Crippen LogP contribution < -0.4 is 0 Å². The summed E-state index contributed by atoms with van der Waals surface area (Å²) in [5.41, 5.74) is 1.71. The normalized spacial score (nSPS) is 20.7. The van der Waals surface area contributed by atoms with Crippen molar-refractivity contribution in [1.29, 1.82) is 0 Å². The summed E-state index contributed by atoms with van der Waals surface area (Å²) in [7, 11) is 0. The molecule has 4 nitrogen and oxygen atoms in total. The second-order valence-electron chi connectivity index (χ2n) is 4.71. The molecule has 0 saturated carbocycles. The largest absolute Gasteiger partial charge is 0.508 e. The van der Waals surface area contributed by atoms with Crippen LogP contribution in [0.15, 0.2) is 36.4 Å². The molecule has 0 fully saturated rings. The maximum absolute atomic E-state index is 11.4. The number of rotatable bonds is 4. The molecule has 0 bridgehead atoms. The number of hydrogen-bond donors (Lipinski definition) is 0. The quantitative estimate of drug-likeness (QED) is 0.479. The first-order chi connectivity index (χ1) is 9.61. The Bertz CT molecular complexity index is 516. The highest BCUT2D eigenvalue weighted by atomic mass is 16.7. The van der Waals surface area contributed by atoms with E-state index in [0.29, 0.717) is 18.6 Å². The van der Waals surface area contributed by atoms with Crippen molar-refractivity contribution in [3.63, 3.8) is 0 Å². The summed E-state index contributed by atoms with van der Waals surface area (Å²) >= 11 is 0. The lowest BCUT2D eigenvalue weighted by molar-refractivity contribution is 0.0253. The SMILES string of the molecule is CCOC(=O)O[C@@H]1CC=C[C@H]1c1ccc(C(C)=O)cc1. The minimum Gasteiger partial charge on any atom is -0.435 e. The molecule has 0 radical (unpaired) electrons. The van der Waals surface area contributed by atoms with Gasteiger partial charge in [-0.25, -0.2) is 4.79 Å². The van der Waals surface area contributed by atoms with Gasteiger partial charge in [0, 0.05) is 17.9 Å². The zero-order valence-corrected chi connectivity index (χ0v) is 11.7. The van der Waals surface area contributed by atoms with Gasteiger partial charge in [-0.2, -0.15) is 0 Å². The molecule has 0 amide bonds. The molecule has 0 aliphatic heterocycles. The van der Waals surface area contributed by atoms with E-state index in [1.165, 1.54) is 6.92 Å². The summed E-state index contributed by atoms with van der Waals surface area (Å²) in [5.74, 6) is 0.0539. The van der Waals surface area contributed by atoms with Crippen LogP contribution in [0.25, 0.3) is 0 Å². The smallest absolute Gasteiger partial charge is 0.435 e. The average Bonchev–Trinajstić information content (AvgIpc) is 2.87. The summed E-state index contributed by atoms with van der Waals surface area (Å²) in [6.45, 7) is 3.58. The van der Waals surface area contributed by atoms with E-state index in [0.717, 1.165) is 5.56 Å². The number of carbonyl (C=O) groups excluding carboxylic acids is 2. The zero-order chi connectivity index (χ0) is 14.5. The molecule has 0 N–H and O–H groups in total. The summed E-state index contributed by atoms with van der Waals surface area (Å²) in [4.78, 5) is 22.7. The molecule has 0 aromatic heterocycles. The van der Waals surface area contributed by atoms with Crippen molar-refractivity contribution in [3.8, 4) is 0 Å². The van der Waals surface area contributed by atoms with Gasteiger partial charge >= 0.3 is 6.16 Å². The first kappa shape index (κ1) is 14.3. The van der Waals surface area contributed by atoms with Gasteiger partial charge in [0.05, 0.1) is 6.61 Å². The van der Waals surface area contributed by atoms with Crippen molar-refractivity contribution in [2.45, 2.75) is 32.3 Å². The summed E-state index contributed by atoms with van der Waals surface area (Å²) < 4.78 is 10.1. The van der Waals surface area contributed by atoms with Gasteiger partial charge in [-0.15, -0.1) is 0 Å². The van der Waals surface area contributed by atoms with Gasteiger partial charge in [0.25, 0.3) is 0 Å². The Hall–Kier alpha value is -2.10. The van der Waals surface area contributed by atoms with E-state index in [9.17, 15) is 9.59 Å². The van der Waals surface area contributed by atoms with Crippen LogP contribution in [0.1, 0.15) is 42.1 Å². The predicted molar refractivity (Wildman–Crippen MR) is 74.8 cm³/mol. The standard InChI is InChI=1S/C16H18O4/c1-3-19-16(18)20-15-6-4-5-14(15)13-9-7-12(8-10-13)11(2)17/h4-5,7-10,14-15H,3,6H2,1-2H3/t14-,15+/m0/s1. The first-order valence-electron chi connectivity index (χ1n) is 6.72. The third-order valence-electron chi connectivity index (χ3n) is 3.32. The highest BCUT2D eigenvalue weighted by Gasteiger charge is 2.28. The molecule has 1 aliphatic rings. The molecule has 2 atom stereocenters. The van der Waals surface area contributed by atoms with E-state index >= 15 is 0 Å². The number of ether oxygens (including phenoxy) is 2. The van der Waals surface area contributed by atoms with Gasteiger partial charge in [0.2, 0.25) is 0 Å². The fourth-order valence-electron chi connectivity index (χ4n) is 2.29. The maximum Gasteiger partial charge on any atom is 0.508 e. The van der Waals surface area contributed by atoms with Crippen LogP contribution in [0.4, 0.5) is 4.79 Å². The van der Waals surface area contributed by atoms with Crippen LogP contribution in [-0.2, 0) is 9.47 Å². The molecule has 0 heterocycles. The number of Topliss-reactive ketones (excluding diaryl/α,β-unsaturated/α-hetero) is 1. The lowest BCUT2D eigenvalue weighted by Gasteiger charge is -2.20. The monoisotopic (exact) mass is 274 g/mol. The highest BCUT2D eigenvalue weighted by Crippen LogP contribution is 2.31. The topological polar surface area (TPSA) is 52.6 Å². The van der Waals surface area contributed by atoms with Gasteiger partial charge in [-0.3, -0.25) is 4.79 Å². The second-order valence-corrected chi connectivity index (χ2v) is 4.71. The Morgan fingerprint density at radius 1 is 1.25 bits per heavy atom. The molecule has 106 valence electrons. The van der Waals surface area contributed by atoms with Crippen molar-refractivity contribution in [2.24, 2.45) is 0 Å². The van der Waals surface area contributed by atoms with Gasteiger partial charge in [-0.05, 0) is 19.4 Å². The number of ketones is 1. The first-order valence-corrected chi connectivity index (χ1v) is 6.72. The van der Waals surface area contributed by atoms with Crippen molar-refractivity contribution in [1.82, 2.24) is 0 Å². The highest BCUT2D eigenvalue weighted by molar-refractivity contribution is 5.94. The van der Waals surface area contributed by atoms with Crippen LogP contribution in [0.3, 0.4) is 0 Å².